The summed E-state index contributed by atoms with van der Waals surface area (Å²) in [4.78, 5) is 0. The lowest BCUT2D eigenvalue weighted by Crippen LogP contribution is -2.39. The SMILES string of the molecule is COCCNCC(C)NCC1CCS(=O)(=O)C1. The highest BCUT2D eigenvalue weighted by molar-refractivity contribution is 7.91. The van der Waals surface area contributed by atoms with Gasteiger partial charge in [0, 0.05) is 26.2 Å². The van der Waals surface area contributed by atoms with Crippen molar-refractivity contribution >= 4 is 9.84 Å². The molecule has 0 bridgehead atoms. The predicted octanol–water partition coefficient (Wildman–Crippen LogP) is -0.365. The molecule has 2 unspecified atom stereocenters. The van der Waals surface area contributed by atoms with E-state index >= 15 is 0 Å². The van der Waals surface area contributed by atoms with Crippen LogP contribution in [0.1, 0.15) is 13.3 Å². The molecule has 1 aliphatic rings. The molecular weight excluding hydrogens is 240 g/mol. The molecule has 0 aliphatic carbocycles. The molecule has 1 saturated heterocycles. The third-order valence-corrected chi connectivity index (χ3v) is 4.85. The maximum absolute atomic E-state index is 11.3. The predicted molar refractivity (Wildman–Crippen MR) is 69.0 cm³/mol. The van der Waals surface area contributed by atoms with Gasteiger partial charge in [-0.25, -0.2) is 8.42 Å². The molecule has 2 N–H and O–H groups in total. The molecule has 1 aliphatic heterocycles. The first-order valence-corrected chi connectivity index (χ1v) is 7.99. The van der Waals surface area contributed by atoms with Crippen molar-refractivity contribution < 1.29 is 13.2 Å². The first kappa shape index (κ1) is 14.9. The Morgan fingerprint density at radius 3 is 2.82 bits per heavy atom. The molecule has 17 heavy (non-hydrogen) atoms. The quantitative estimate of drug-likeness (QED) is 0.586. The standard InChI is InChI=1S/C11H24N2O3S/c1-10(7-12-4-5-16-2)13-8-11-3-6-17(14,15)9-11/h10-13H,3-9H2,1-2H3. The average Bonchev–Trinajstić information content (AvgIpc) is 2.62. The molecule has 0 radical (unpaired) electrons. The second-order valence-corrected chi connectivity index (χ2v) is 7.00. The first-order valence-electron chi connectivity index (χ1n) is 6.17. The third-order valence-electron chi connectivity index (χ3n) is 3.02. The minimum Gasteiger partial charge on any atom is -0.383 e. The Morgan fingerprint density at radius 1 is 1.47 bits per heavy atom. The van der Waals surface area contributed by atoms with Gasteiger partial charge >= 0.3 is 0 Å². The summed E-state index contributed by atoms with van der Waals surface area (Å²) in [6.45, 7) is 5.34. The van der Waals surface area contributed by atoms with E-state index in [4.69, 9.17) is 4.74 Å². The zero-order valence-electron chi connectivity index (χ0n) is 10.7. The van der Waals surface area contributed by atoms with Gasteiger partial charge in [0.15, 0.2) is 9.84 Å². The number of hydrogen-bond acceptors (Lipinski definition) is 5. The molecular formula is C11H24N2O3S. The van der Waals surface area contributed by atoms with Gasteiger partial charge in [0.25, 0.3) is 0 Å². The van der Waals surface area contributed by atoms with Crippen molar-refractivity contribution in [2.24, 2.45) is 5.92 Å². The van der Waals surface area contributed by atoms with E-state index in [1.807, 2.05) is 0 Å². The second-order valence-electron chi connectivity index (χ2n) is 4.78. The van der Waals surface area contributed by atoms with Crippen molar-refractivity contribution in [2.75, 3.05) is 44.9 Å². The Kier molecular flexibility index (Phi) is 6.40. The summed E-state index contributed by atoms with van der Waals surface area (Å²) in [6.07, 6.45) is 0.805. The van der Waals surface area contributed by atoms with Crippen LogP contribution < -0.4 is 10.6 Å². The molecule has 0 amide bonds. The molecule has 0 aromatic carbocycles. The third kappa shape index (κ3) is 6.35. The second kappa shape index (κ2) is 7.31. The van der Waals surface area contributed by atoms with Crippen LogP contribution >= 0.6 is 0 Å². The Morgan fingerprint density at radius 2 is 2.24 bits per heavy atom. The van der Waals surface area contributed by atoms with Crippen LogP contribution in [0, 0.1) is 5.92 Å². The van der Waals surface area contributed by atoms with Crippen molar-refractivity contribution in [1.82, 2.24) is 10.6 Å². The zero-order chi connectivity index (χ0) is 12.7. The summed E-state index contributed by atoms with van der Waals surface area (Å²) in [6, 6.07) is 0.357. The van der Waals surface area contributed by atoms with Crippen LogP contribution in [0.5, 0.6) is 0 Å². The highest BCUT2D eigenvalue weighted by Crippen LogP contribution is 2.17. The highest BCUT2D eigenvalue weighted by atomic mass is 32.2. The summed E-state index contributed by atoms with van der Waals surface area (Å²) in [7, 11) is -1.06. The summed E-state index contributed by atoms with van der Waals surface area (Å²) in [5, 5.41) is 6.64. The molecule has 102 valence electrons. The van der Waals surface area contributed by atoms with Crippen molar-refractivity contribution in [3.8, 4) is 0 Å². The van der Waals surface area contributed by atoms with E-state index in [1.165, 1.54) is 0 Å². The number of rotatable bonds is 8. The average molecular weight is 264 g/mol. The number of hydrogen-bond donors (Lipinski definition) is 2. The van der Waals surface area contributed by atoms with E-state index in [9.17, 15) is 8.42 Å². The molecule has 5 nitrogen and oxygen atoms in total. The van der Waals surface area contributed by atoms with Crippen LogP contribution in [-0.2, 0) is 14.6 Å². The van der Waals surface area contributed by atoms with Gasteiger partial charge in [-0.15, -0.1) is 0 Å². The molecule has 1 heterocycles. The summed E-state index contributed by atoms with van der Waals surface area (Å²) >= 11 is 0. The van der Waals surface area contributed by atoms with Gasteiger partial charge in [-0.1, -0.05) is 0 Å². The van der Waals surface area contributed by atoms with E-state index in [0.29, 0.717) is 30.1 Å². The lowest BCUT2D eigenvalue weighted by Gasteiger charge is -2.17. The zero-order valence-corrected chi connectivity index (χ0v) is 11.6. The van der Waals surface area contributed by atoms with Crippen LogP contribution in [-0.4, -0.2) is 59.3 Å². The Labute approximate surface area is 104 Å². The number of methoxy groups -OCH3 is 1. The van der Waals surface area contributed by atoms with E-state index < -0.39 is 9.84 Å². The highest BCUT2D eigenvalue weighted by Gasteiger charge is 2.27. The fourth-order valence-electron chi connectivity index (χ4n) is 1.97. The smallest absolute Gasteiger partial charge is 0.150 e. The van der Waals surface area contributed by atoms with Crippen molar-refractivity contribution in [2.45, 2.75) is 19.4 Å². The number of ether oxygens (including phenoxy) is 1. The summed E-state index contributed by atoms with van der Waals surface area (Å²) in [5.41, 5.74) is 0. The van der Waals surface area contributed by atoms with Crippen LogP contribution in [0.15, 0.2) is 0 Å². The van der Waals surface area contributed by atoms with E-state index in [0.717, 1.165) is 26.1 Å². The number of nitrogens with one attached hydrogen (secondary N) is 2. The van der Waals surface area contributed by atoms with E-state index in [2.05, 4.69) is 17.6 Å². The van der Waals surface area contributed by atoms with Crippen molar-refractivity contribution in [3.63, 3.8) is 0 Å². The molecule has 0 aromatic rings. The summed E-state index contributed by atoms with van der Waals surface area (Å²) < 4.78 is 27.5. The minimum absolute atomic E-state index is 0.293. The van der Waals surface area contributed by atoms with Gasteiger partial charge in [0.2, 0.25) is 0 Å². The normalized spacial score (nSPS) is 24.9. The monoisotopic (exact) mass is 264 g/mol. The number of sulfone groups is 1. The van der Waals surface area contributed by atoms with Gasteiger partial charge in [0.05, 0.1) is 18.1 Å². The van der Waals surface area contributed by atoms with Crippen LogP contribution in [0.3, 0.4) is 0 Å². The van der Waals surface area contributed by atoms with Crippen molar-refractivity contribution in [3.05, 3.63) is 0 Å². The molecule has 0 saturated carbocycles. The van der Waals surface area contributed by atoms with Crippen LogP contribution in [0.25, 0.3) is 0 Å². The van der Waals surface area contributed by atoms with Gasteiger partial charge in [-0.2, -0.15) is 0 Å². The maximum Gasteiger partial charge on any atom is 0.150 e. The van der Waals surface area contributed by atoms with E-state index in [1.54, 1.807) is 7.11 Å². The Balaban J connectivity index is 2.06. The fraction of sp³-hybridized carbons (Fsp3) is 1.00. The van der Waals surface area contributed by atoms with Crippen LogP contribution in [0.4, 0.5) is 0 Å². The molecule has 1 rings (SSSR count). The lowest BCUT2D eigenvalue weighted by molar-refractivity contribution is 0.198. The Hall–Kier alpha value is -0.170. The lowest BCUT2D eigenvalue weighted by atomic mass is 10.1. The van der Waals surface area contributed by atoms with E-state index in [-0.39, 0.29) is 0 Å². The summed E-state index contributed by atoms with van der Waals surface area (Å²) in [5.74, 6) is 1.00. The molecule has 0 aromatic heterocycles. The molecule has 6 heteroatoms. The fourth-order valence-corrected chi connectivity index (χ4v) is 3.83. The van der Waals surface area contributed by atoms with Crippen LogP contribution in [0.2, 0.25) is 0 Å². The topological polar surface area (TPSA) is 67.4 Å². The maximum atomic E-state index is 11.3. The van der Waals surface area contributed by atoms with Gasteiger partial charge in [0.1, 0.15) is 0 Å². The van der Waals surface area contributed by atoms with Crippen molar-refractivity contribution in [1.29, 1.82) is 0 Å². The van der Waals surface area contributed by atoms with Gasteiger partial charge in [-0.05, 0) is 25.8 Å². The minimum atomic E-state index is -2.74. The van der Waals surface area contributed by atoms with Gasteiger partial charge < -0.3 is 15.4 Å². The first-order chi connectivity index (χ1) is 8.03. The molecule has 0 spiro atoms. The Bertz CT molecular complexity index is 306. The van der Waals surface area contributed by atoms with Gasteiger partial charge in [-0.3, -0.25) is 0 Å². The molecule has 1 fully saturated rings. The molecule has 2 atom stereocenters. The largest absolute Gasteiger partial charge is 0.383 e.